The van der Waals surface area contributed by atoms with Crippen molar-refractivity contribution in [3.8, 4) is 0 Å². The minimum absolute atomic E-state index is 0.237. The lowest BCUT2D eigenvalue weighted by Gasteiger charge is -2.07. The fourth-order valence-corrected chi connectivity index (χ4v) is 2.83. The number of amides is 3. The highest BCUT2D eigenvalue weighted by Crippen LogP contribution is 2.20. The molecule has 22 heavy (non-hydrogen) atoms. The number of carbonyl (C=O) groups excluding carboxylic acids is 2. The van der Waals surface area contributed by atoms with Crippen LogP contribution in [0.4, 0.5) is 4.79 Å². The highest BCUT2D eigenvalue weighted by Gasteiger charge is 2.12. The Hall–Kier alpha value is -2.22. The highest BCUT2D eigenvalue weighted by molar-refractivity contribution is 7.18. The van der Waals surface area contributed by atoms with Gasteiger partial charge in [-0.2, -0.15) is 0 Å². The Bertz CT molecular complexity index is 750. The summed E-state index contributed by atoms with van der Waals surface area (Å²) in [5.74, 6) is -0.553. The Kier molecular flexibility index (Phi) is 5.26. The average molecular weight is 322 g/mol. The van der Waals surface area contributed by atoms with Gasteiger partial charge in [0.25, 0.3) is 5.56 Å². The summed E-state index contributed by atoms with van der Waals surface area (Å²) in [5, 5.41) is 5.22. The smallest absolute Gasteiger partial charge is 0.321 e. The molecule has 7 nitrogen and oxygen atoms in total. The lowest BCUT2D eigenvalue weighted by molar-refractivity contribution is -0.120. The Morgan fingerprint density at radius 1 is 1.36 bits per heavy atom. The normalized spacial score (nSPS) is 10.6. The van der Waals surface area contributed by atoms with Crippen molar-refractivity contribution in [2.24, 2.45) is 0 Å². The zero-order valence-electron chi connectivity index (χ0n) is 12.5. The molecule has 0 aliphatic rings. The number of fused-ring (bicyclic) bond motifs is 1. The average Bonchev–Trinajstić information content (AvgIpc) is 2.92. The first-order valence-corrected chi connectivity index (χ1v) is 7.92. The summed E-state index contributed by atoms with van der Waals surface area (Å²) in [6.07, 6.45) is 2.95. The third kappa shape index (κ3) is 3.70. The molecule has 0 saturated carbocycles. The van der Waals surface area contributed by atoms with Crippen LogP contribution in [0.15, 0.2) is 17.2 Å². The van der Waals surface area contributed by atoms with E-state index in [2.05, 4.69) is 15.6 Å². The Balaban J connectivity index is 2.11. The van der Waals surface area contributed by atoms with Gasteiger partial charge in [-0.25, -0.2) is 9.78 Å². The summed E-state index contributed by atoms with van der Waals surface area (Å²) >= 11 is 1.47. The summed E-state index contributed by atoms with van der Waals surface area (Å²) < 4.78 is 1.21. The van der Waals surface area contributed by atoms with Crippen molar-refractivity contribution in [3.05, 3.63) is 27.6 Å². The molecule has 0 aromatic carbocycles. The van der Waals surface area contributed by atoms with Gasteiger partial charge in [0.1, 0.15) is 11.4 Å². The third-order valence-electron chi connectivity index (χ3n) is 3.02. The maximum atomic E-state index is 12.3. The lowest BCUT2D eigenvalue weighted by atomic mass is 10.3. The van der Waals surface area contributed by atoms with Gasteiger partial charge >= 0.3 is 6.03 Å². The van der Waals surface area contributed by atoms with Crippen molar-refractivity contribution >= 4 is 33.5 Å². The Morgan fingerprint density at radius 2 is 2.14 bits per heavy atom. The van der Waals surface area contributed by atoms with Crippen LogP contribution in [0.1, 0.15) is 25.1 Å². The quantitative estimate of drug-likeness (QED) is 0.866. The van der Waals surface area contributed by atoms with Gasteiger partial charge in [0, 0.05) is 11.4 Å². The summed E-state index contributed by atoms with van der Waals surface area (Å²) in [7, 11) is 0. The first-order valence-electron chi connectivity index (χ1n) is 7.10. The minimum Gasteiger partial charge on any atom is -0.338 e. The SMILES string of the molecule is CCCNC(=O)NC(=O)Cn1cnc2sc(CC)cc2c1=O. The van der Waals surface area contributed by atoms with Gasteiger partial charge in [-0.1, -0.05) is 13.8 Å². The molecule has 0 bridgehead atoms. The van der Waals surface area contributed by atoms with E-state index in [9.17, 15) is 14.4 Å². The molecule has 0 atom stereocenters. The number of hydrogen-bond acceptors (Lipinski definition) is 5. The molecule has 0 radical (unpaired) electrons. The summed E-state index contributed by atoms with van der Waals surface area (Å²) in [5.41, 5.74) is -0.273. The fourth-order valence-electron chi connectivity index (χ4n) is 1.90. The van der Waals surface area contributed by atoms with E-state index in [0.29, 0.717) is 16.8 Å². The number of nitrogens with one attached hydrogen (secondary N) is 2. The van der Waals surface area contributed by atoms with E-state index in [1.54, 1.807) is 6.07 Å². The predicted octanol–water partition coefficient (Wildman–Crippen LogP) is 1.26. The molecule has 8 heteroatoms. The summed E-state index contributed by atoms with van der Waals surface area (Å²) in [4.78, 5) is 41.4. The van der Waals surface area contributed by atoms with Gasteiger partial charge in [-0.3, -0.25) is 19.5 Å². The van der Waals surface area contributed by atoms with Crippen LogP contribution in [0.5, 0.6) is 0 Å². The Morgan fingerprint density at radius 3 is 2.82 bits per heavy atom. The van der Waals surface area contributed by atoms with Gasteiger partial charge in [0.15, 0.2) is 0 Å². The van der Waals surface area contributed by atoms with E-state index in [1.807, 2.05) is 13.8 Å². The van der Waals surface area contributed by atoms with Crippen molar-refractivity contribution in [2.75, 3.05) is 6.54 Å². The maximum absolute atomic E-state index is 12.3. The second-order valence-electron chi connectivity index (χ2n) is 4.77. The van der Waals surface area contributed by atoms with Gasteiger partial charge in [-0.05, 0) is 18.9 Å². The number of urea groups is 1. The topological polar surface area (TPSA) is 93.1 Å². The first-order chi connectivity index (χ1) is 10.5. The highest BCUT2D eigenvalue weighted by atomic mass is 32.1. The molecule has 3 amide bonds. The number of aromatic nitrogens is 2. The first kappa shape index (κ1) is 16.2. The molecule has 0 fully saturated rings. The molecule has 0 spiro atoms. The van der Waals surface area contributed by atoms with Crippen molar-refractivity contribution in [1.82, 2.24) is 20.2 Å². The lowest BCUT2D eigenvalue weighted by Crippen LogP contribution is -2.42. The molecule has 0 aliphatic heterocycles. The van der Waals surface area contributed by atoms with Gasteiger partial charge < -0.3 is 5.32 Å². The number of carbonyl (C=O) groups is 2. The monoisotopic (exact) mass is 322 g/mol. The van der Waals surface area contributed by atoms with E-state index < -0.39 is 11.9 Å². The number of rotatable bonds is 5. The van der Waals surface area contributed by atoms with E-state index in [0.717, 1.165) is 17.7 Å². The van der Waals surface area contributed by atoms with Crippen molar-refractivity contribution in [2.45, 2.75) is 33.2 Å². The number of aryl methyl sites for hydroxylation is 1. The number of imide groups is 1. The second kappa shape index (κ2) is 7.17. The molecule has 0 unspecified atom stereocenters. The van der Waals surface area contributed by atoms with Crippen LogP contribution in [-0.4, -0.2) is 28.0 Å². The molecule has 2 heterocycles. The molecule has 2 aromatic heterocycles. The standard InChI is InChI=1S/C14H18N4O3S/c1-3-5-15-14(21)17-11(19)7-18-8-16-12-10(13(18)20)6-9(4-2)22-12/h6,8H,3-5,7H2,1-2H3,(H2,15,17,19,21). The number of hydrogen-bond donors (Lipinski definition) is 2. The zero-order valence-corrected chi connectivity index (χ0v) is 13.3. The van der Waals surface area contributed by atoms with Gasteiger partial charge in [0.2, 0.25) is 5.91 Å². The molecular formula is C14H18N4O3S. The van der Waals surface area contributed by atoms with Crippen molar-refractivity contribution in [3.63, 3.8) is 0 Å². The molecule has 118 valence electrons. The molecule has 2 N–H and O–H groups in total. The fraction of sp³-hybridized carbons (Fsp3) is 0.429. The molecule has 0 saturated heterocycles. The maximum Gasteiger partial charge on any atom is 0.321 e. The van der Waals surface area contributed by atoms with Gasteiger partial charge in [0.05, 0.1) is 11.7 Å². The van der Waals surface area contributed by atoms with Crippen LogP contribution in [0, 0.1) is 0 Å². The van der Waals surface area contributed by atoms with Crippen LogP contribution < -0.4 is 16.2 Å². The zero-order chi connectivity index (χ0) is 16.1. The molecule has 0 aliphatic carbocycles. The van der Waals surface area contributed by atoms with E-state index in [-0.39, 0.29) is 12.1 Å². The van der Waals surface area contributed by atoms with Crippen LogP contribution in [-0.2, 0) is 17.8 Å². The second-order valence-corrected chi connectivity index (χ2v) is 5.88. The van der Waals surface area contributed by atoms with Crippen LogP contribution in [0.3, 0.4) is 0 Å². The van der Waals surface area contributed by atoms with Gasteiger partial charge in [-0.15, -0.1) is 11.3 Å². The van der Waals surface area contributed by atoms with Crippen LogP contribution >= 0.6 is 11.3 Å². The number of nitrogens with zero attached hydrogens (tertiary/aromatic N) is 2. The minimum atomic E-state index is -0.558. The summed E-state index contributed by atoms with van der Waals surface area (Å²) in [6.45, 7) is 4.17. The molecule has 2 aromatic rings. The Labute approximate surface area is 131 Å². The molecular weight excluding hydrogens is 304 g/mol. The summed E-state index contributed by atoms with van der Waals surface area (Å²) in [6, 6.07) is 1.25. The largest absolute Gasteiger partial charge is 0.338 e. The van der Waals surface area contributed by atoms with Crippen LogP contribution in [0.2, 0.25) is 0 Å². The predicted molar refractivity (Wildman–Crippen MR) is 85.1 cm³/mol. The van der Waals surface area contributed by atoms with Crippen molar-refractivity contribution in [1.29, 1.82) is 0 Å². The van der Waals surface area contributed by atoms with E-state index in [1.165, 1.54) is 22.2 Å². The number of thiophene rings is 1. The van der Waals surface area contributed by atoms with E-state index in [4.69, 9.17) is 0 Å². The third-order valence-corrected chi connectivity index (χ3v) is 4.21. The van der Waals surface area contributed by atoms with Crippen LogP contribution in [0.25, 0.3) is 10.2 Å². The van der Waals surface area contributed by atoms with E-state index >= 15 is 0 Å². The van der Waals surface area contributed by atoms with Crippen molar-refractivity contribution < 1.29 is 9.59 Å². The molecule has 2 rings (SSSR count).